The van der Waals surface area contributed by atoms with Gasteiger partial charge in [-0.2, -0.15) is 0 Å². The van der Waals surface area contributed by atoms with Crippen LogP contribution in [0.15, 0.2) is 18.2 Å². The summed E-state index contributed by atoms with van der Waals surface area (Å²) in [6.45, 7) is 6.20. The molecular formula is C10H15N. The van der Waals surface area contributed by atoms with Crippen LogP contribution in [0.1, 0.15) is 29.7 Å². The Hall–Kier alpha value is -0.820. The predicted molar refractivity (Wildman–Crippen MR) is 48.5 cm³/mol. The van der Waals surface area contributed by atoms with Crippen LogP contribution in [-0.2, 0) is 0 Å². The Morgan fingerprint density at radius 2 is 1.91 bits per heavy atom. The number of hydrogen-bond donors (Lipinski definition) is 1. The Labute approximate surface area is 68.2 Å². The topological polar surface area (TPSA) is 26.0 Å². The lowest BCUT2D eigenvalue weighted by Gasteiger charge is -2.09. The molecule has 0 radical (unpaired) electrons. The van der Waals surface area contributed by atoms with E-state index in [1.54, 1.807) is 0 Å². The van der Waals surface area contributed by atoms with E-state index in [0.717, 1.165) is 0 Å². The normalized spacial score (nSPS) is 13.1. The highest BCUT2D eigenvalue weighted by Crippen LogP contribution is 2.16. The van der Waals surface area contributed by atoms with Gasteiger partial charge in [-0.25, -0.2) is 0 Å². The third-order valence-corrected chi connectivity index (χ3v) is 1.93. The molecule has 0 aromatic heterocycles. The molecule has 1 aromatic rings. The third-order valence-electron chi connectivity index (χ3n) is 1.93. The molecule has 0 bridgehead atoms. The van der Waals surface area contributed by atoms with Crippen LogP contribution in [-0.4, -0.2) is 0 Å². The monoisotopic (exact) mass is 149 g/mol. The van der Waals surface area contributed by atoms with Gasteiger partial charge in [0.1, 0.15) is 0 Å². The molecule has 0 amide bonds. The van der Waals surface area contributed by atoms with E-state index in [9.17, 15) is 0 Å². The van der Waals surface area contributed by atoms with Gasteiger partial charge in [0.2, 0.25) is 0 Å². The third kappa shape index (κ3) is 1.81. The first-order valence-corrected chi connectivity index (χ1v) is 3.94. The molecular weight excluding hydrogens is 134 g/mol. The van der Waals surface area contributed by atoms with E-state index in [4.69, 9.17) is 5.73 Å². The van der Waals surface area contributed by atoms with Crippen molar-refractivity contribution < 1.29 is 0 Å². The Morgan fingerprint density at radius 3 is 2.36 bits per heavy atom. The summed E-state index contributed by atoms with van der Waals surface area (Å²) in [5.74, 6) is 0. The van der Waals surface area contributed by atoms with Crippen LogP contribution in [0.5, 0.6) is 0 Å². The van der Waals surface area contributed by atoms with Gasteiger partial charge >= 0.3 is 0 Å². The molecule has 1 atom stereocenters. The molecule has 0 fully saturated rings. The summed E-state index contributed by atoms with van der Waals surface area (Å²) in [5, 5.41) is 0. The maximum atomic E-state index is 5.78. The summed E-state index contributed by atoms with van der Waals surface area (Å²) in [6, 6.07) is 6.53. The largest absolute Gasteiger partial charge is 0.324 e. The molecule has 0 aliphatic rings. The van der Waals surface area contributed by atoms with E-state index in [1.807, 2.05) is 6.92 Å². The Morgan fingerprint density at radius 1 is 1.27 bits per heavy atom. The molecule has 0 saturated heterocycles. The average molecular weight is 149 g/mol. The molecule has 0 saturated carbocycles. The van der Waals surface area contributed by atoms with Crippen molar-refractivity contribution in [3.63, 3.8) is 0 Å². The van der Waals surface area contributed by atoms with Crippen LogP contribution in [0.25, 0.3) is 0 Å². The van der Waals surface area contributed by atoms with Crippen molar-refractivity contribution in [2.75, 3.05) is 0 Å². The summed E-state index contributed by atoms with van der Waals surface area (Å²) in [7, 11) is 0. The Bertz CT molecular complexity index is 251. The fourth-order valence-electron chi connectivity index (χ4n) is 1.25. The molecule has 1 rings (SSSR count). The number of rotatable bonds is 1. The van der Waals surface area contributed by atoms with E-state index >= 15 is 0 Å². The summed E-state index contributed by atoms with van der Waals surface area (Å²) >= 11 is 0. The van der Waals surface area contributed by atoms with Gasteiger partial charge in [-0.05, 0) is 31.9 Å². The van der Waals surface area contributed by atoms with Gasteiger partial charge < -0.3 is 5.73 Å². The lowest BCUT2D eigenvalue weighted by molar-refractivity contribution is 0.808. The fourth-order valence-corrected chi connectivity index (χ4v) is 1.25. The average Bonchev–Trinajstić information content (AvgIpc) is 1.94. The van der Waals surface area contributed by atoms with Crippen LogP contribution in [0.4, 0.5) is 0 Å². The van der Waals surface area contributed by atoms with Gasteiger partial charge in [0.25, 0.3) is 0 Å². The second-order valence-corrected chi connectivity index (χ2v) is 3.15. The first kappa shape index (κ1) is 8.28. The second-order valence-electron chi connectivity index (χ2n) is 3.15. The lowest BCUT2D eigenvalue weighted by atomic mass is 10.0. The van der Waals surface area contributed by atoms with E-state index < -0.39 is 0 Å². The molecule has 60 valence electrons. The molecule has 11 heavy (non-hydrogen) atoms. The van der Waals surface area contributed by atoms with Gasteiger partial charge in [0.05, 0.1) is 0 Å². The zero-order chi connectivity index (χ0) is 8.43. The first-order valence-electron chi connectivity index (χ1n) is 3.94. The van der Waals surface area contributed by atoms with E-state index in [1.165, 1.54) is 16.7 Å². The highest BCUT2D eigenvalue weighted by molar-refractivity contribution is 5.32. The number of aryl methyl sites for hydroxylation is 2. The molecule has 0 heterocycles. The van der Waals surface area contributed by atoms with Gasteiger partial charge in [-0.1, -0.05) is 23.8 Å². The zero-order valence-electron chi connectivity index (χ0n) is 7.39. The first-order chi connectivity index (χ1) is 5.11. The van der Waals surface area contributed by atoms with Crippen molar-refractivity contribution >= 4 is 0 Å². The predicted octanol–water partition coefficient (Wildman–Crippen LogP) is 2.32. The van der Waals surface area contributed by atoms with Crippen molar-refractivity contribution in [3.05, 3.63) is 34.9 Å². The van der Waals surface area contributed by atoms with Crippen LogP contribution < -0.4 is 5.73 Å². The Balaban J connectivity index is 3.13. The van der Waals surface area contributed by atoms with E-state index in [0.29, 0.717) is 0 Å². The van der Waals surface area contributed by atoms with Crippen molar-refractivity contribution in [2.24, 2.45) is 5.73 Å². The standard InChI is InChI=1S/C10H15N/c1-7-4-5-8(2)10(6-7)9(3)11/h4-6,9H,11H2,1-3H3. The van der Waals surface area contributed by atoms with Crippen LogP contribution in [0.2, 0.25) is 0 Å². The van der Waals surface area contributed by atoms with Gasteiger partial charge in [0.15, 0.2) is 0 Å². The quantitative estimate of drug-likeness (QED) is 0.651. The van der Waals surface area contributed by atoms with Crippen molar-refractivity contribution in [3.8, 4) is 0 Å². The zero-order valence-corrected chi connectivity index (χ0v) is 7.39. The minimum Gasteiger partial charge on any atom is -0.324 e. The molecule has 0 spiro atoms. The lowest BCUT2D eigenvalue weighted by Crippen LogP contribution is -2.06. The van der Waals surface area contributed by atoms with Crippen LogP contribution in [0.3, 0.4) is 0 Å². The molecule has 1 heteroatoms. The minimum atomic E-state index is 0.148. The highest BCUT2D eigenvalue weighted by Gasteiger charge is 2.02. The number of nitrogens with two attached hydrogens (primary N) is 1. The SMILES string of the molecule is Cc1ccc(C)c(C(C)N)c1. The molecule has 2 N–H and O–H groups in total. The van der Waals surface area contributed by atoms with Crippen LogP contribution >= 0.6 is 0 Å². The molecule has 1 unspecified atom stereocenters. The second kappa shape index (κ2) is 3.05. The molecule has 1 nitrogen and oxygen atoms in total. The van der Waals surface area contributed by atoms with Crippen LogP contribution in [0, 0.1) is 13.8 Å². The van der Waals surface area contributed by atoms with E-state index in [-0.39, 0.29) is 6.04 Å². The van der Waals surface area contributed by atoms with Gasteiger partial charge in [0, 0.05) is 6.04 Å². The maximum absolute atomic E-state index is 5.78. The number of benzene rings is 1. The Kier molecular flexibility index (Phi) is 2.30. The van der Waals surface area contributed by atoms with Crippen molar-refractivity contribution in [2.45, 2.75) is 26.8 Å². The van der Waals surface area contributed by atoms with Crippen molar-refractivity contribution in [1.82, 2.24) is 0 Å². The maximum Gasteiger partial charge on any atom is 0.0268 e. The van der Waals surface area contributed by atoms with E-state index in [2.05, 4.69) is 32.0 Å². The van der Waals surface area contributed by atoms with Gasteiger partial charge in [-0.15, -0.1) is 0 Å². The molecule has 1 aromatic carbocycles. The van der Waals surface area contributed by atoms with Crippen molar-refractivity contribution in [1.29, 1.82) is 0 Å². The molecule has 0 aliphatic heterocycles. The fraction of sp³-hybridized carbons (Fsp3) is 0.400. The molecule has 0 aliphatic carbocycles. The summed E-state index contributed by atoms with van der Waals surface area (Å²) < 4.78 is 0. The summed E-state index contributed by atoms with van der Waals surface area (Å²) in [5.41, 5.74) is 9.60. The summed E-state index contributed by atoms with van der Waals surface area (Å²) in [4.78, 5) is 0. The number of hydrogen-bond acceptors (Lipinski definition) is 1. The summed E-state index contributed by atoms with van der Waals surface area (Å²) in [6.07, 6.45) is 0. The highest BCUT2D eigenvalue weighted by atomic mass is 14.6. The smallest absolute Gasteiger partial charge is 0.0268 e. The van der Waals surface area contributed by atoms with Gasteiger partial charge in [-0.3, -0.25) is 0 Å². The minimum absolute atomic E-state index is 0.148.